The van der Waals surface area contributed by atoms with Gasteiger partial charge >= 0.3 is 0 Å². The first-order valence-corrected chi connectivity index (χ1v) is 12.4. The largest absolute Gasteiger partial charge is 0.358 e. The lowest BCUT2D eigenvalue weighted by Gasteiger charge is -2.36. The van der Waals surface area contributed by atoms with E-state index in [2.05, 4.69) is 71.5 Å². The SMILES string of the molecule is Cc1ccc(CNC(=S)Nc2nc(N3CCC(C)CC3)cc(N3CCCCC3C)n2)cc1. The maximum Gasteiger partial charge on any atom is 0.232 e. The highest BCUT2D eigenvalue weighted by Gasteiger charge is 2.24. The maximum atomic E-state index is 5.57. The van der Waals surface area contributed by atoms with Crippen LogP contribution in [-0.2, 0) is 6.54 Å². The van der Waals surface area contributed by atoms with Crippen LogP contribution in [0.25, 0.3) is 0 Å². The third-order valence-corrected chi connectivity index (χ3v) is 6.95. The molecule has 2 aliphatic rings. The molecule has 2 aliphatic heterocycles. The number of nitrogens with zero attached hydrogens (tertiary/aromatic N) is 4. The van der Waals surface area contributed by atoms with Crippen LogP contribution < -0.4 is 20.4 Å². The molecule has 0 saturated carbocycles. The van der Waals surface area contributed by atoms with Gasteiger partial charge < -0.3 is 20.4 Å². The number of hydrogen-bond donors (Lipinski definition) is 2. The molecule has 0 bridgehead atoms. The van der Waals surface area contributed by atoms with Crippen LogP contribution in [0.1, 0.15) is 57.1 Å². The van der Waals surface area contributed by atoms with Crippen molar-refractivity contribution in [1.29, 1.82) is 0 Å². The number of aromatic nitrogens is 2. The number of thiocarbonyl (C=S) groups is 1. The lowest BCUT2D eigenvalue weighted by molar-refractivity contribution is 0.436. The number of aryl methyl sites for hydroxylation is 1. The molecule has 1 atom stereocenters. The van der Waals surface area contributed by atoms with Gasteiger partial charge in [-0.05, 0) is 69.7 Å². The Morgan fingerprint density at radius 2 is 1.72 bits per heavy atom. The number of rotatable bonds is 5. The molecule has 0 aliphatic carbocycles. The first kappa shape index (κ1) is 22.8. The quantitative estimate of drug-likeness (QED) is 0.627. The summed E-state index contributed by atoms with van der Waals surface area (Å²) in [4.78, 5) is 14.6. The fraction of sp³-hybridized carbons (Fsp3) is 0.560. The molecule has 6 nitrogen and oxygen atoms in total. The summed E-state index contributed by atoms with van der Waals surface area (Å²) >= 11 is 5.57. The Hall–Kier alpha value is -2.41. The Bertz CT molecular complexity index is 907. The van der Waals surface area contributed by atoms with Gasteiger partial charge in [0.05, 0.1) is 0 Å². The zero-order chi connectivity index (χ0) is 22.5. The lowest BCUT2D eigenvalue weighted by Crippen LogP contribution is -2.39. The number of nitrogens with one attached hydrogen (secondary N) is 2. The Morgan fingerprint density at radius 1 is 1.00 bits per heavy atom. The van der Waals surface area contributed by atoms with E-state index in [9.17, 15) is 0 Å². The molecule has 2 aromatic rings. The molecule has 32 heavy (non-hydrogen) atoms. The van der Waals surface area contributed by atoms with Crippen LogP contribution in [0.2, 0.25) is 0 Å². The number of piperidine rings is 2. The van der Waals surface area contributed by atoms with Gasteiger partial charge in [0.25, 0.3) is 0 Å². The molecule has 2 saturated heterocycles. The van der Waals surface area contributed by atoms with Crippen molar-refractivity contribution in [3.8, 4) is 0 Å². The predicted octanol–water partition coefficient (Wildman–Crippen LogP) is 4.89. The second-order valence-electron chi connectivity index (χ2n) is 9.41. The summed E-state index contributed by atoms with van der Waals surface area (Å²) in [5.41, 5.74) is 2.45. The number of benzene rings is 1. The molecule has 1 aromatic heterocycles. The van der Waals surface area contributed by atoms with Gasteiger partial charge in [-0.2, -0.15) is 9.97 Å². The fourth-order valence-corrected chi connectivity index (χ4v) is 4.66. The molecular weight excluding hydrogens is 416 g/mol. The van der Waals surface area contributed by atoms with Gasteiger partial charge in [0.1, 0.15) is 11.6 Å². The van der Waals surface area contributed by atoms with Crippen molar-refractivity contribution in [1.82, 2.24) is 15.3 Å². The van der Waals surface area contributed by atoms with Gasteiger partial charge in [-0.25, -0.2) is 0 Å². The van der Waals surface area contributed by atoms with Crippen molar-refractivity contribution in [2.75, 3.05) is 34.8 Å². The molecule has 3 heterocycles. The van der Waals surface area contributed by atoms with Crippen LogP contribution in [0.15, 0.2) is 30.3 Å². The van der Waals surface area contributed by atoms with Crippen LogP contribution in [-0.4, -0.2) is 40.8 Å². The molecule has 172 valence electrons. The second kappa shape index (κ2) is 10.5. The van der Waals surface area contributed by atoms with Crippen LogP contribution >= 0.6 is 12.2 Å². The minimum absolute atomic E-state index is 0.493. The monoisotopic (exact) mass is 452 g/mol. The molecule has 0 amide bonds. The molecule has 7 heteroatoms. The van der Waals surface area contributed by atoms with Gasteiger partial charge in [0.15, 0.2) is 5.11 Å². The molecule has 1 aromatic carbocycles. The minimum Gasteiger partial charge on any atom is -0.358 e. The second-order valence-corrected chi connectivity index (χ2v) is 9.82. The van der Waals surface area contributed by atoms with Gasteiger partial charge in [-0.1, -0.05) is 36.8 Å². The maximum absolute atomic E-state index is 5.57. The van der Waals surface area contributed by atoms with Gasteiger partial charge in [-0.15, -0.1) is 0 Å². The summed E-state index contributed by atoms with van der Waals surface area (Å²) in [6.07, 6.45) is 6.12. The van der Waals surface area contributed by atoms with E-state index in [1.54, 1.807) is 0 Å². The summed E-state index contributed by atoms with van der Waals surface area (Å²) in [7, 11) is 0. The summed E-state index contributed by atoms with van der Waals surface area (Å²) in [5, 5.41) is 7.09. The van der Waals surface area contributed by atoms with Crippen molar-refractivity contribution in [3.63, 3.8) is 0 Å². The average Bonchev–Trinajstić information content (AvgIpc) is 2.79. The Morgan fingerprint density at radius 3 is 2.44 bits per heavy atom. The Kier molecular flexibility index (Phi) is 7.45. The summed E-state index contributed by atoms with van der Waals surface area (Å²) in [5.74, 6) is 3.37. The van der Waals surface area contributed by atoms with E-state index in [1.165, 1.54) is 43.2 Å². The van der Waals surface area contributed by atoms with E-state index in [0.717, 1.165) is 37.2 Å². The topological polar surface area (TPSA) is 56.3 Å². The van der Waals surface area contributed by atoms with E-state index in [0.29, 0.717) is 23.6 Å². The molecular formula is C25H36N6S. The van der Waals surface area contributed by atoms with E-state index in [4.69, 9.17) is 22.2 Å². The van der Waals surface area contributed by atoms with Gasteiger partial charge in [-0.3, -0.25) is 0 Å². The highest BCUT2D eigenvalue weighted by molar-refractivity contribution is 7.80. The number of hydrogen-bond acceptors (Lipinski definition) is 5. The summed E-state index contributed by atoms with van der Waals surface area (Å²) < 4.78 is 0. The van der Waals surface area contributed by atoms with Gasteiger partial charge in [0.2, 0.25) is 5.95 Å². The molecule has 1 unspecified atom stereocenters. The first-order valence-electron chi connectivity index (χ1n) is 12.0. The van der Waals surface area contributed by atoms with E-state index >= 15 is 0 Å². The van der Waals surface area contributed by atoms with Crippen molar-refractivity contribution < 1.29 is 0 Å². The van der Waals surface area contributed by atoms with Crippen molar-refractivity contribution >= 4 is 34.9 Å². The van der Waals surface area contributed by atoms with Crippen LogP contribution in [0.3, 0.4) is 0 Å². The molecule has 4 rings (SSSR count). The van der Waals surface area contributed by atoms with E-state index in [-0.39, 0.29) is 0 Å². The van der Waals surface area contributed by atoms with Gasteiger partial charge in [0, 0.05) is 38.3 Å². The zero-order valence-electron chi connectivity index (χ0n) is 19.6. The summed E-state index contributed by atoms with van der Waals surface area (Å²) in [6.45, 7) is 10.5. The number of anilines is 3. The molecule has 0 spiro atoms. The van der Waals surface area contributed by atoms with Crippen LogP contribution in [0, 0.1) is 12.8 Å². The Balaban J connectivity index is 1.50. The minimum atomic E-state index is 0.493. The summed E-state index contributed by atoms with van der Waals surface area (Å²) in [6, 6.07) is 11.1. The predicted molar refractivity (Wildman–Crippen MR) is 138 cm³/mol. The third kappa shape index (κ3) is 5.88. The first-order chi connectivity index (χ1) is 15.5. The molecule has 2 fully saturated rings. The van der Waals surface area contributed by atoms with E-state index in [1.807, 2.05) is 0 Å². The lowest BCUT2D eigenvalue weighted by atomic mass is 9.99. The molecule has 0 radical (unpaired) electrons. The normalized spacial score (nSPS) is 19.7. The van der Waals surface area contributed by atoms with E-state index < -0.39 is 0 Å². The zero-order valence-corrected chi connectivity index (χ0v) is 20.4. The van der Waals surface area contributed by atoms with Crippen molar-refractivity contribution in [2.45, 2.75) is 65.5 Å². The van der Waals surface area contributed by atoms with Crippen molar-refractivity contribution in [3.05, 3.63) is 41.5 Å². The Labute approximate surface area is 197 Å². The third-order valence-electron chi connectivity index (χ3n) is 6.70. The molecule has 2 N–H and O–H groups in total. The highest BCUT2D eigenvalue weighted by Crippen LogP contribution is 2.29. The van der Waals surface area contributed by atoms with Crippen molar-refractivity contribution in [2.24, 2.45) is 5.92 Å². The standard InChI is InChI=1S/C25H36N6S/c1-18-7-9-21(10-8-18)17-26-25(32)29-24-27-22(30-14-11-19(2)12-15-30)16-23(28-24)31-13-5-4-6-20(31)3/h7-10,16,19-20H,4-6,11-15,17H2,1-3H3,(H2,26,27,28,29,32). The van der Waals surface area contributed by atoms with Crippen LogP contribution in [0.5, 0.6) is 0 Å². The van der Waals surface area contributed by atoms with Crippen LogP contribution in [0.4, 0.5) is 17.6 Å². The average molecular weight is 453 g/mol. The highest BCUT2D eigenvalue weighted by atomic mass is 32.1. The smallest absolute Gasteiger partial charge is 0.232 e. The fourth-order valence-electron chi connectivity index (χ4n) is 4.50.